The number of phenolic OH excluding ortho intramolecular Hbond substituents is 1. The molecule has 3 rings (SSSR count). The van der Waals surface area contributed by atoms with Gasteiger partial charge >= 0.3 is 0 Å². The number of aromatic hydroxyl groups is 1. The van der Waals surface area contributed by atoms with Crippen molar-refractivity contribution in [2.45, 2.75) is 12.6 Å². The summed E-state index contributed by atoms with van der Waals surface area (Å²) in [6.45, 7) is 2.99. The standard InChI is InChI=1S/C17H17Cl2NO2/c18-14-3-1-12(2-4-14)17-11-20(7-8-22-17)10-13-9-15(21)5-6-16(13)19/h1-6,9,17,21H,7-8,10-11H2/t17-/m1/s1. The maximum Gasteiger partial charge on any atom is 0.116 e. The Morgan fingerprint density at radius 3 is 2.68 bits per heavy atom. The summed E-state index contributed by atoms with van der Waals surface area (Å²) in [5, 5.41) is 11.0. The molecular formula is C17H17Cl2NO2. The van der Waals surface area contributed by atoms with Crippen molar-refractivity contribution in [2.24, 2.45) is 0 Å². The Kier molecular flexibility index (Phi) is 4.89. The summed E-state index contributed by atoms with van der Waals surface area (Å²) in [6, 6.07) is 12.8. The molecule has 0 unspecified atom stereocenters. The van der Waals surface area contributed by atoms with Crippen LogP contribution in [-0.2, 0) is 11.3 Å². The van der Waals surface area contributed by atoms with Crippen molar-refractivity contribution < 1.29 is 9.84 Å². The smallest absolute Gasteiger partial charge is 0.116 e. The molecule has 1 aliphatic heterocycles. The molecule has 0 amide bonds. The third-order valence-electron chi connectivity index (χ3n) is 3.82. The molecule has 0 bridgehead atoms. The van der Waals surface area contributed by atoms with Gasteiger partial charge in [0.15, 0.2) is 0 Å². The second-order valence-electron chi connectivity index (χ2n) is 5.42. The molecule has 116 valence electrons. The zero-order valence-electron chi connectivity index (χ0n) is 12.0. The van der Waals surface area contributed by atoms with Crippen LogP contribution in [0.15, 0.2) is 42.5 Å². The summed E-state index contributed by atoms with van der Waals surface area (Å²) in [6.07, 6.45) is 0.0297. The van der Waals surface area contributed by atoms with Gasteiger partial charge in [0.1, 0.15) is 5.75 Å². The van der Waals surface area contributed by atoms with Crippen LogP contribution in [-0.4, -0.2) is 29.7 Å². The molecule has 1 atom stereocenters. The lowest BCUT2D eigenvalue weighted by Crippen LogP contribution is -2.37. The number of phenols is 1. The number of hydrogen-bond donors (Lipinski definition) is 1. The van der Waals surface area contributed by atoms with Crippen molar-refractivity contribution in [1.82, 2.24) is 4.90 Å². The van der Waals surface area contributed by atoms with Gasteiger partial charge in [-0.25, -0.2) is 0 Å². The van der Waals surface area contributed by atoms with Gasteiger partial charge in [-0.3, -0.25) is 4.90 Å². The van der Waals surface area contributed by atoms with Gasteiger partial charge in [0.05, 0.1) is 12.7 Å². The summed E-state index contributed by atoms with van der Waals surface area (Å²) in [7, 11) is 0. The Morgan fingerprint density at radius 2 is 1.91 bits per heavy atom. The molecule has 1 aliphatic rings. The first kappa shape index (κ1) is 15.6. The molecule has 2 aromatic carbocycles. The van der Waals surface area contributed by atoms with Crippen LogP contribution in [0.2, 0.25) is 10.0 Å². The third kappa shape index (κ3) is 3.73. The monoisotopic (exact) mass is 337 g/mol. The Hall–Kier alpha value is -1.26. The van der Waals surface area contributed by atoms with E-state index in [0.717, 1.165) is 29.2 Å². The Balaban J connectivity index is 1.70. The maximum atomic E-state index is 9.61. The molecule has 0 saturated carbocycles. The molecule has 2 aromatic rings. The molecule has 0 aliphatic carbocycles. The predicted octanol–water partition coefficient (Wildman–Crippen LogP) is 4.27. The quantitative estimate of drug-likeness (QED) is 0.907. The van der Waals surface area contributed by atoms with Crippen LogP contribution >= 0.6 is 23.2 Å². The third-order valence-corrected chi connectivity index (χ3v) is 4.44. The minimum atomic E-state index is 0.0297. The highest BCUT2D eigenvalue weighted by molar-refractivity contribution is 6.31. The molecule has 1 heterocycles. The lowest BCUT2D eigenvalue weighted by molar-refractivity contribution is -0.0329. The molecule has 0 radical (unpaired) electrons. The van der Waals surface area contributed by atoms with Crippen LogP contribution in [0.5, 0.6) is 5.75 Å². The van der Waals surface area contributed by atoms with Gasteiger partial charge in [-0.05, 0) is 41.5 Å². The van der Waals surface area contributed by atoms with E-state index in [1.807, 2.05) is 24.3 Å². The number of benzene rings is 2. The van der Waals surface area contributed by atoms with Crippen molar-refractivity contribution in [3.05, 3.63) is 63.6 Å². The number of ether oxygens (including phenoxy) is 1. The molecule has 5 heteroatoms. The fourth-order valence-electron chi connectivity index (χ4n) is 2.65. The van der Waals surface area contributed by atoms with Gasteiger partial charge in [0.25, 0.3) is 0 Å². The highest BCUT2D eigenvalue weighted by atomic mass is 35.5. The summed E-state index contributed by atoms with van der Waals surface area (Å²) in [5.41, 5.74) is 2.05. The van der Waals surface area contributed by atoms with Crippen LogP contribution in [0.25, 0.3) is 0 Å². The fraction of sp³-hybridized carbons (Fsp3) is 0.294. The lowest BCUT2D eigenvalue weighted by Gasteiger charge is -2.33. The topological polar surface area (TPSA) is 32.7 Å². The van der Waals surface area contributed by atoms with Crippen LogP contribution < -0.4 is 0 Å². The molecule has 1 fully saturated rings. The van der Waals surface area contributed by atoms with E-state index in [4.69, 9.17) is 27.9 Å². The van der Waals surface area contributed by atoms with Crippen molar-refractivity contribution in [2.75, 3.05) is 19.7 Å². The minimum Gasteiger partial charge on any atom is -0.508 e. The molecule has 0 aromatic heterocycles. The van der Waals surface area contributed by atoms with E-state index in [-0.39, 0.29) is 11.9 Å². The SMILES string of the molecule is Oc1ccc(Cl)c(CN2CCO[C@@H](c3ccc(Cl)cc3)C2)c1. The summed E-state index contributed by atoms with van der Waals surface area (Å²) < 4.78 is 5.86. The van der Waals surface area contributed by atoms with E-state index in [2.05, 4.69) is 4.90 Å². The van der Waals surface area contributed by atoms with Gasteiger partial charge in [-0.1, -0.05) is 35.3 Å². The normalized spacial score (nSPS) is 19.3. The van der Waals surface area contributed by atoms with Gasteiger partial charge in [0.2, 0.25) is 0 Å². The van der Waals surface area contributed by atoms with Gasteiger partial charge in [0, 0.05) is 29.7 Å². The summed E-state index contributed by atoms with van der Waals surface area (Å²) in [4.78, 5) is 2.28. The molecule has 0 spiro atoms. The van der Waals surface area contributed by atoms with Gasteiger partial charge < -0.3 is 9.84 Å². The van der Waals surface area contributed by atoms with E-state index in [0.29, 0.717) is 18.2 Å². The average molecular weight is 338 g/mol. The second kappa shape index (κ2) is 6.88. The van der Waals surface area contributed by atoms with E-state index in [9.17, 15) is 5.11 Å². The van der Waals surface area contributed by atoms with Gasteiger partial charge in [-0.15, -0.1) is 0 Å². The first-order valence-corrected chi connectivity index (χ1v) is 7.94. The van der Waals surface area contributed by atoms with Crippen molar-refractivity contribution in [3.63, 3.8) is 0 Å². The first-order chi connectivity index (χ1) is 10.6. The van der Waals surface area contributed by atoms with Crippen molar-refractivity contribution in [3.8, 4) is 5.75 Å². The summed E-state index contributed by atoms with van der Waals surface area (Å²) in [5.74, 6) is 0.238. The number of halogens is 2. The van der Waals surface area contributed by atoms with E-state index in [1.165, 1.54) is 0 Å². The first-order valence-electron chi connectivity index (χ1n) is 7.18. The fourth-order valence-corrected chi connectivity index (χ4v) is 2.95. The summed E-state index contributed by atoms with van der Waals surface area (Å²) >= 11 is 12.1. The number of hydrogen-bond acceptors (Lipinski definition) is 3. The highest BCUT2D eigenvalue weighted by Gasteiger charge is 2.22. The Bertz CT molecular complexity index is 646. The van der Waals surface area contributed by atoms with E-state index >= 15 is 0 Å². The van der Waals surface area contributed by atoms with E-state index < -0.39 is 0 Å². The zero-order chi connectivity index (χ0) is 15.5. The number of rotatable bonds is 3. The zero-order valence-corrected chi connectivity index (χ0v) is 13.5. The Labute approximate surface area is 140 Å². The van der Waals surface area contributed by atoms with Crippen molar-refractivity contribution in [1.29, 1.82) is 0 Å². The molecular weight excluding hydrogens is 321 g/mol. The minimum absolute atomic E-state index is 0.0297. The average Bonchev–Trinajstić information content (AvgIpc) is 2.52. The van der Waals surface area contributed by atoms with Crippen molar-refractivity contribution >= 4 is 23.2 Å². The highest BCUT2D eigenvalue weighted by Crippen LogP contribution is 2.27. The van der Waals surface area contributed by atoms with E-state index in [1.54, 1.807) is 18.2 Å². The van der Waals surface area contributed by atoms with Crippen LogP contribution in [0, 0.1) is 0 Å². The second-order valence-corrected chi connectivity index (χ2v) is 6.27. The Morgan fingerprint density at radius 1 is 1.14 bits per heavy atom. The van der Waals surface area contributed by atoms with Crippen LogP contribution in [0.4, 0.5) is 0 Å². The lowest BCUT2D eigenvalue weighted by atomic mass is 10.1. The largest absolute Gasteiger partial charge is 0.508 e. The molecule has 1 N–H and O–H groups in total. The maximum absolute atomic E-state index is 9.61. The number of morpholine rings is 1. The van der Waals surface area contributed by atoms with Gasteiger partial charge in [-0.2, -0.15) is 0 Å². The number of nitrogens with zero attached hydrogens (tertiary/aromatic N) is 1. The van der Waals surface area contributed by atoms with Crippen LogP contribution in [0.1, 0.15) is 17.2 Å². The molecule has 22 heavy (non-hydrogen) atoms. The molecule has 3 nitrogen and oxygen atoms in total. The predicted molar refractivity (Wildman–Crippen MR) is 88.5 cm³/mol. The van der Waals surface area contributed by atoms with Crippen LogP contribution in [0.3, 0.4) is 0 Å². The molecule has 1 saturated heterocycles.